The van der Waals surface area contributed by atoms with Gasteiger partial charge in [-0.2, -0.15) is 0 Å². The van der Waals surface area contributed by atoms with Gasteiger partial charge in [-0.05, 0) is 44.9 Å². The first-order valence-corrected chi connectivity index (χ1v) is 13.7. The molecule has 0 spiro atoms. The average Bonchev–Trinajstić information content (AvgIpc) is 2.84. The van der Waals surface area contributed by atoms with E-state index < -0.39 is 10.0 Å². The molecule has 0 atom stereocenters. The number of benzene rings is 1. The third kappa shape index (κ3) is 7.86. The molecule has 1 amide bonds. The van der Waals surface area contributed by atoms with Gasteiger partial charge in [0.15, 0.2) is 11.5 Å². The highest BCUT2D eigenvalue weighted by Crippen LogP contribution is 2.32. The van der Waals surface area contributed by atoms with E-state index in [1.165, 1.54) is 44.2 Å². The fraction of sp³-hybridized carbons (Fsp3) is 0.708. The minimum Gasteiger partial charge on any atom is -0.486 e. The Hall–Kier alpha value is -1.84. The van der Waals surface area contributed by atoms with Crippen LogP contribution in [0.5, 0.6) is 11.5 Å². The SMILES string of the molecule is CN(CCN(C)C1CCCCC1)C(=O)CCCCCNS(=O)(=O)c1ccc2c(c1)OCCO2. The fourth-order valence-electron chi connectivity index (χ4n) is 4.39. The molecule has 33 heavy (non-hydrogen) atoms. The van der Waals surface area contributed by atoms with E-state index in [9.17, 15) is 13.2 Å². The van der Waals surface area contributed by atoms with Crippen molar-refractivity contribution in [1.82, 2.24) is 14.5 Å². The van der Waals surface area contributed by atoms with E-state index in [-0.39, 0.29) is 10.8 Å². The van der Waals surface area contributed by atoms with E-state index >= 15 is 0 Å². The van der Waals surface area contributed by atoms with E-state index in [4.69, 9.17) is 9.47 Å². The van der Waals surface area contributed by atoms with Crippen molar-refractivity contribution >= 4 is 15.9 Å². The number of ether oxygens (including phenoxy) is 2. The molecule has 1 N–H and O–H groups in total. The van der Waals surface area contributed by atoms with Gasteiger partial charge in [0.25, 0.3) is 0 Å². The molecule has 1 aliphatic heterocycles. The molecular formula is C24H39N3O5S. The zero-order valence-electron chi connectivity index (χ0n) is 20.1. The maximum Gasteiger partial charge on any atom is 0.240 e. The molecule has 0 radical (unpaired) electrons. The molecule has 1 aromatic rings. The van der Waals surface area contributed by atoms with Crippen molar-refractivity contribution in [3.63, 3.8) is 0 Å². The van der Waals surface area contributed by atoms with Gasteiger partial charge in [-0.15, -0.1) is 0 Å². The van der Waals surface area contributed by atoms with Crippen LogP contribution in [0, 0.1) is 0 Å². The highest BCUT2D eigenvalue weighted by molar-refractivity contribution is 7.89. The number of hydrogen-bond donors (Lipinski definition) is 1. The summed E-state index contributed by atoms with van der Waals surface area (Å²) in [5, 5.41) is 0. The van der Waals surface area contributed by atoms with Crippen molar-refractivity contribution in [3.8, 4) is 11.5 Å². The van der Waals surface area contributed by atoms with Gasteiger partial charge in [-0.3, -0.25) is 4.79 Å². The second-order valence-corrected chi connectivity index (χ2v) is 10.9. The highest BCUT2D eigenvalue weighted by atomic mass is 32.2. The Bertz CT molecular complexity index is 871. The predicted molar refractivity (Wildman–Crippen MR) is 128 cm³/mol. The Labute approximate surface area is 198 Å². The van der Waals surface area contributed by atoms with Crippen molar-refractivity contribution in [2.24, 2.45) is 0 Å². The summed E-state index contributed by atoms with van der Waals surface area (Å²) in [7, 11) is 0.439. The lowest BCUT2D eigenvalue weighted by Crippen LogP contribution is -2.40. The number of nitrogens with zero attached hydrogens (tertiary/aromatic N) is 2. The van der Waals surface area contributed by atoms with Crippen molar-refractivity contribution in [2.75, 3.05) is 46.9 Å². The smallest absolute Gasteiger partial charge is 0.240 e. The summed E-state index contributed by atoms with van der Waals surface area (Å²) in [4.78, 5) is 16.8. The van der Waals surface area contributed by atoms with E-state index in [0.717, 1.165) is 25.9 Å². The number of sulfonamides is 1. The molecule has 1 fully saturated rings. The molecule has 3 rings (SSSR count). The zero-order valence-corrected chi connectivity index (χ0v) is 20.9. The van der Waals surface area contributed by atoms with E-state index in [1.807, 2.05) is 11.9 Å². The van der Waals surface area contributed by atoms with Crippen molar-refractivity contribution in [1.29, 1.82) is 0 Å². The van der Waals surface area contributed by atoms with Gasteiger partial charge in [0.05, 0.1) is 4.90 Å². The van der Waals surface area contributed by atoms with Gasteiger partial charge < -0.3 is 19.3 Å². The van der Waals surface area contributed by atoms with Crippen LogP contribution in [0.1, 0.15) is 57.8 Å². The first-order chi connectivity index (χ1) is 15.9. The van der Waals surface area contributed by atoms with Gasteiger partial charge in [-0.1, -0.05) is 25.7 Å². The third-order valence-electron chi connectivity index (χ3n) is 6.60. The van der Waals surface area contributed by atoms with Gasteiger partial charge in [0.2, 0.25) is 15.9 Å². The molecule has 2 aliphatic rings. The van der Waals surface area contributed by atoms with Crippen LogP contribution in [-0.4, -0.2) is 77.1 Å². The number of amides is 1. The second kappa shape index (κ2) is 12.6. The van der Waals surface area contributed by atoms with Crippen molar-refractivity contribution in [3.05, 3.63) is 18.2 Å². The van der Waals surface area contributed by atoms with E-state index in [0.29, 0.717) is 50.1 Å². The molecule has 1 heterocycles. The van der Waals surface area contributed by atoms with Crippen LogP contribution in [0.15, 0.2) is 23.1 Å². The molecule has 1 aliphatic carbocycles. The van der Waals surface area contributed by atoms with Crippen LogP contribution in [0.25, 0.3) is 0 Å². The highest BCUT2D eigenvalue weighted by Gasteiger charge is 2.20. The van der Waals surface area contributed by atoms with Gasteiger partial charge in [-0.25, -0.2) is 13.1 Å². The number of hydrogen-bond acceptors (Lipinski definition) is 6. The fourth-order valence-corrected chi connectivity index (χ4v) is 5.48. The maximum atomic E-state index is 12.5. The molecule has 0 saturated heterocycles. The number of carbonyl (C=O) groups excluding carboxylic acids is 1. The molecule has 1 aromatic carbocycles. The Morgan fingerprint density at radius 3 is 2.48 bits per heavy atom. The van der Waals surface area contributed by atoms with E-state index in [1.54, 1.807) is 6.07 Å². The summed E-state index contributed by atoms with van der Waals surface area (Å²) in [6.07, 6.45) is 9.26. The van der Waals surface area contributed by atoms with Crippen LogP contribution in [0.4, 0.5) is 0 Å². The molecule has 1 saturated carbocycles. The summed E-state index contributed by atoms with van der Waals surface area (Å²) in [6, 6.07) is 5.30. The predicted octanol–water partition coefficient (Wildman–Crippen LogP) is 3.02. The van der Waals surface area contributed by atoms with Gasteiger partial charge in [0, 0.05) is 45.2 Å². The molecular weight excluding hydrogens is 442 g/mol. The van der Waals surface area contributed by atoms with Crippen LogP contribution in [0.2, 0.25) is 0 Å². The molecule has 0 unspecified atom stereocenters. The number of fused-ring (bicyclic) bond motifs is 1. The first-order valence-electron chi connectivity index (χ1n) is 12.2. The Morgan fingerprint density at radius 1 is 1.00 bits per heavy atom. The van der Waals surface area contributed by atoms with Crippen LogP contribution in [0.3, 0.4) is 0 Å². The standard InChI is InChI=1S/C24H39N3O5S/c1-26(20-9-5-3-6-10-20)15-16-27(2)24(28)11-7-4-8-14-25-33(29,30)21-12-13-22-23(19-21)32-18-17-31-22/h12-13,19-20,25H,3-11,14-18H2,1-2H3. The quantitative estimate of drug-likeness (QED) is 0.462. The van der Waals surface area contributed by atoms with Gasteiger partial charge >= 0.3 is 0 Å². The number of unbranched alkanes of at least 4 members (excludes halogenated alkanes) is 2. The summed E-state index contributed by atoms with van der Waals surface area (Å²) in [5.74, 6) is 1.18. The van der Waals surface area contributed by atoms with Crippen LogP contribution in [-0.2, 0) is 14.8 Å². The van der Waals surface area contributed by atoms with Gasteiger partial charge in [0.1, 0.15) is 13.2 Å². The minimum atomic E-state index is -3.60. The lowest BCUT2D eigenvalue weighted by molar-refractivity contribution is -0.130. The van der Waals surface area contributed by atoms with E-state index in [2.05, 4.69) is 16.7 Å². The summed E-state index contributed by atoms with van der Waals surface area (Å²) in [6.45, 7) is 2.88. The number of likely N-dealkylation sites (N-methyl/N-ethyl adjacent to an activating group) is 2. The number of rotatable bonds is 12. The Morgan fingerprint density at radius 2 is 1.73 bits per heavy atom. The lowest BCUT2D eigenvalue weighted by Gasteiger charge is -2.32. The molecule has 0 bridgehead atoms. The maximum absolute atomic E-state index is 12.5. The monoisotopic (exact) mass is 481 g/mol. The zero-order chi connectivity index (χ0) is 23.7. The summed E-state index contributed by atoms with van der Waals surface area (Å²) in [5.41, 5.74) is 0. The molecule has 186 valence electrons. The normalized spacial score (nSPS) is 16.7. The molecule has 0 aromatic heterocycles. The summed E-state index contributed by atoms with van der Waals surface area (Å²) < 4.78 is 38.6. The topological polar surface area (TPSA) is 88.2 Å². The second-order valence-electron chi connectivity index (χ2n) is 9.10. The Balaban J connectivity index is 1.29. The van der Waals surface area contributed by atoms with Crippen LogP contribution >= 0.6 is 0 Å². The van der Waals surface area contributed by atoms with Crippen LogP contribution < -0.4 is 14.2 Å². The third-order valence-corrected chi connectivity index (χ3v) is 8.05. The van der Waals surface area contributed by atoms with Crippen molar-refractivity contribution in [2.45, 2.75) is 68.7 Å². The summed E-state index contributed by atoms with van der Waals surface area (Å²) >= 11 is 0. The number of carbonyl (C=O) groups is 1. The minimum absolute atomic E-state index is 0.156. The average molecular weight is 482 g/mol. The van der Waals surface area contributed by atoms with Crippen molar-refractivity contribution < 1.29 is 22.7 Å². The molecule has 9 heteroatoms. The Kier molecular flexibility index (Phi) is 9.82. The largest absolute Gasteiger partial charge is 0.486 e. The first kappa shape index (κ1) is 25.8. The number of nitrogens with one attached hydrogen (secondary N) is 1. The molecule has 8 nitrogen and oxygen atoms in total. The lowest BCUT2D eigenvalue weighted by atomic mass is 9.94.